The largest absolute Gasteiger partial charge is 0.497 e. The molecule has 1 saturated heterocycles. The van der Waals surface area contributed by atoms with Crippen molar-refractivity contribution in [3.63, 3.8) is 0 Å². The second-order valence-electron chi connectivity index (χ2n) is 18.7. The van der Waals surface area contributed by atoms with Gasteiger partial charge >= 0.3 is 0 Å². The molecule has 21 heteroatoms. The Morgan fingerprint density at radius 1 is 0.849 bits per heavy atom. The van der Waals surface area contributed by atoms with E-state index >= 15 is 0 Å². The number of ether oxygens (including phenoxy) is 4. The molecule has 0 radical (unpaired) electrons. The van der Waals surface area contributed by atoms with Crippen LogP contribution >= 0.6 is 0 Å². The highest BCUT2D eigenvalue weighted by Gasteiger charge is 2.39. The van der Waals surface area contributed by atoms with E-state index in [9.17, 15) is 43.1 Å². The summed E-state index contributed by atoms with van der Waals surface area (Å²) in [7, 11) is 8.88. The fourth-order valence-corrected chi connectivity index (χ4v) is 9.44. The van der Waals surface area contributed by atoms with Crippen molar-refractivity contribution >= 4 is 53.2 Å². The first-order valence-electron chi connectivity index (χ1n) is 25.1. The lowest BCUT2D eigenvalue weighted by molar-refractivity contribution is -0.384. The Hall–Kier alpha value is -5.51. The van der Waals surface area contributed by atoms with Gasteiger partial charge in [0.25, 0.3) is 18.1 Å². The van der Waals surface area contributed by atoms with Crippen molar-refractivity contribution in [1.29, 1.82) is 0 Å². The number of likely N-dealkylation sites (tertiary alicyclic amines) is 1. The van der Waals surface area contributed by atoms with Crippen LogP contribution < -0.4 is 24.8 Å². The molecule has 0 aromatic heterocycles. The highest BCUT2D eigenvalue weighted by Crippen LogP contribution is 2.27. The van der Waals surface area contributed by atoms with E-state index in [2.05, 4.69) is 54.7 Å². The molecule has 2 fully saturated rings. The fraction of sp³-hybridized carbons (Fsp3) is 0.654. The summed E-state index contributed by atoms with van der Waals surface area (Å²) in [6.45, 7) is 17.2. The fourth-order valence-electron chi connectivity index (χ4n) is 8.37. The number of nitro benzene ring substituents is 1. The van der Waals surface area contributed by atoms with Gasteiger partial charge in [0.05, 0.1) is 60.1 Å². The summed E-state index contributed by atoms with van der Waals surface area (Å²) in [5.41, 5.74) is 0.792. The summed E-state index contributed by atoms with van der Waals surface area (Å²) in [4.78, 5) is 87.3. The van der Waals surface area contributed by atoms with Crippen molar-refractivity contribution in [2.24, 2.45) is 17.8 Å². The number of rotatable bonds is 26. The first-order chi connectivity index (χ1) is 34.6. The standard InChI is InChI=1S/C23H33N3O6S.C19H39N3O3.C7H5NO4.C3H8/c1-15(21(32-3)20-5-4-12-26(20)14-27)22(28)24-19(23(29)25-33(30)18-10-11-18)13-16-6-8-17(31-2)9-7-16;1-10-14(5)18(15(11-2)25-9)22(8)16(23)12-20-19(24)17(13(3)4)21(6)7;9-5-12-7-3-1-6(2-4-7)8(10)11;1-3-2/h6-9,14-15,18-21H,4-5,10-13H2,1-3H3,(H,24,28)(H,25,29);13-15,17-18H,10-12H2,1-9H3,(H,20,24);1-5H;3H2,1-2H3/t15-,19+,20+,21-,33?;14-,15?,17?,18?;;/m10../s1. The number of hydrogen-bond donors (Lipinski definition) is 3. The number of hydrogen-bond acceptors (Lipinski definition) is 14. The van der Waals surface area contributed by atoms with Crippen molar-refractivity contribution < 1.29 is 56.8 Å². The minimum absolute atomic E-state index is 0.000790. The summed E-state index contributed by atoms with van der Waals surface area (Å²) >= 11 is 0. The van der Waals surface area contributed by atoms with Crippen LogP contribution in [0, 0.1) is 27.9 Å². The third kappa shape index (κ3) is 22.2. The van der Waals surface area contributed by atoms with Crippen molar-refractivity contribution in [3.05, 3.63) is 64.2 Å². The molecule has 1 aliphatic heterocycles. The molecule has 2 aromatic carbocycles. The SMILES string of the molecule is CCC.CCC(OC)C([C@@H](C)CC)N(C)C(=O)CNC(=O)C(C(C)C)N(C)C.COc1ccc(C[C@H](NC(=O)[C@H](C)[C@@H](OC)[C@@H]2CCCN2C=O)C(=O)NS(=O)C2CC2)cc1.O=COc1ccc([N+](=O)[O-])cc1. The zero-order valence-corrected chi connectivity index (χ0v) is 46.4. The van der Waals surface area contributed by atoms with Gasteiger partial charge in [-0.3, -0.25) is 48.5 Å². The number of nitro groups is 1. The van der Waals surface area contributed by atoms with E-state index in [0.29, 0.717) is 18.2 Å². The molecule has 20 nitrogen and oxygen atoms in total. The predicted molar refractivity (Wildman–Crippen MR) is 282 cm³/mol. The lowest BCUT2D eigenvalue weighted by atomic mass is 9.91. The van der Waals surface area contributed by atoms with E-state index in [0.717, 1.165) is 50.5 Å². The quantitative estimate of drug-likeness (QED) is 0.0601. The van der Waals surface area contributed by atoms with Crippen LogP contribution in [0.15, 0.2) is 48.5 Å². The molecular weight excluding hydrogens is 963 g/mol. The van der Waals surface area contributed by atoms with Gasteiger partial charge in [-0.05, 0) is 87.9 Å². The maximum Gasteiger partial charge on any atom is 0.298 e. The first kappa shape index (κ1) is 65.5. The molecule has 1 aliphatic carbocycles. The van der Waals surface area contributed by atoms with Crippen LogP contribution in [-0.2, 0) is 55.6 Å². The van der Waals surface area contributed by atoms with E-state index in [-0.39, 0.29) is 84.0 Å². The van der Waals surface area contributed by atoms with Gasteiger partial charge in [-0.2, -0.15) is 0 Å². The lowest BCUT2D eigenvalue weighted by Gasteiger charge is -2.37. The third-order valence-electron chi connectivity index (χ3n) is 12.6. The number of methoxy groups -OCH3 is 3. The highest BCUT2D eigenvalue weighted by atomic mass is 32.2. The molecule has 4 unspecified atom stereocenters. The van der Waals surface area contributed by atoms with Gasteiger partial charge in [0.1, 0.15) is 28.5 Å². The number of benzene rings is 2. The summed E-state index contributed by atoms with van der Waals surface area (Å²) in [6.07, 6.45) is 6.83. The van der Waals surface area contributed by atoms with Gasteiger partial charge < -0.3 is 39.4 Å². The topological polar surface area (TPSA) is 245 Å². The third-order valence-corrected chi connectivity index (χ3v) is 14.0. The lowest BCUT2D eigenvalue weighted by Crippen LogP contribution is -2.53. The number of nitrogens with one attached hydrogen (secondary N) is 3. The van der Waals surface area contributed by atoms with E-state index in [1.54, 1.807) is 50.1 Å². The van der Waals surface area contributed by atoms with Crippen molar-refractivity contribution in [1.82, 2.24) is 30.1 Å². The zero-order valence-electron chi connectivity index (χ0n) is 45.6. The van der Waals surface area contributed by atoms with Crippen LogP contribution in [0.4, 0.5) is 5.69 Å². The molecule has 4 rings (SSSR count). The highest BCUT2D eigenvalue weighted by molar-refractivity contribution is 7.84. The number of non-ortho nitro benzene ring substituents is 1. The zero-order chi connectivity index (χ0) is 55.4. The van der Waals surface area contributed by atoms with Crippen LogP contribution in [0.25, 0.3) is 0 Å². The summed E-state index contributed by atoms with van der Waals surface area (Å²) in [5.74, 6) is -0.168. The molecular formula is C52H85N7O13S. The van der Waals surface area contributed by atoms with Gasteiger partial charge in [0.15, 0.2) is 0 Å². The van der Waals surface area contributed by atoms with Crippen molar-refractivity contribution in [2.45, 2.75) is 148 Å². The Morgan fingerprint density at radius 3 is 1.89 bits per heavy atom. The summed E-state index contributed by atoms with van der Waals surface area (Å²) in [5, 5.41) is 15.8. The van der Waals surface area contributed by atoms with Gasteiger partial charge in [-0.25, -0.2) is 4.21 Å². The molecule has 3 N–H and O–H groups in total. The average Bonchev–Trinajstić information content (AvgIpc) is 4.12. The van der Waals surface area contributed by atoms with Gasteiger partial charge in [-0.1, -0.05) is 80.4 Å². The average molecular weight is 1050 g/mol. The van der Waals surface area contributed by atoms with Crippen LogP contribution in [-0.4, -0.2) is 158 Å². The molecule has 0 bridgehead atoms. The molecule has 73 heavy (non-hydrogen) atoms. The minimum atomic E-state index is -1.46. The molecule has 0 spiro atoms. The van der Waals surface area contributed by atoms with Crippen molar-refractivity contribution in [2.75, 3.05) is 55.6 Å². The Bertz CT molecular complexity index is 1990. The normalized spacial score (nSPS) is 17.1. The van der Waals surface area contributed by atoms with E-state index < -0.39 is 39.9 Å². The Balaban J connectivity index is 0.000000584. The maximum atomic E-state index is 13.2. The van der Waals surface area contributed by atoms with E-state index in [1.165, 1.54) is 37.8 Å². The van der Waals surface area contributed by atoms with Crippen LogP contribution in [0.5, 0.6) is 11.5 Å². The second kappa shape index (κ2) is 34.8. The molecule has 2 aromatic rings. The number of amides is 5. The number of likely N-dealkylation sites (N-methyl/N-ethyl adjacent to an activating group) is 2. The first-order valence-corrected chi connectivity index (χ1v) is 26.3. The molecule has 9 atom stereocenters. The van der Waals surface area contributed by atoms with E-state index in [4.69, 9.17) is 14.2 Å². The second-order valence-corrected chi connectivity index (χ2v) is 20.2. The Morgan fingerprint density at radius 2 is 1.44 bits per heavy atom. The predicted octanol–water partition coefficient (Wildman–Crippen LogP) is 5.47. The number of carbonyl (C=O) groups excluding carboxylic acids is 6. The molecule has 1 saturated carbocycles. The smallest absolute Gasteiger partial charge is 0.298 e. The Kier molecular flexibility index (Phi) is 31.3. The van der Waals surface area contributed by atoms with Gasteiger partial charge in [0, 0.05) is 46.4 Å². The summed E-state index contributed by atoms with van der Waals surface area (Å²) < 4.78 is 35.6. The number of nitrogens with zero attached hydrogens (tertiary/aromatic N) is 4. The molecule has 412 valence electrons. The summed E-state index contributed by atoms with van der Waals surface area (Å²) in [6, 6.07) is 11.1. The van der Waals surface area contributed by atoms with Crippen LogP contribution in [0.1, 0.15) is 106 Å². The van der Waals surface area contributed by atoms with Crippen molar-refractivity contribution in [3.8, 4) is 11.5 Å². The molecule has 1 heterocycles. The Labute approximate surface area is 436 Å². The monoisotopic (exact) mass is 1050 g/mol. The van der Waals surface area contributed by atoms with Crippen LogP contribution in [0.2, 0.25) is 0 Å². The molecule has 5 amide bonds. The maximum absolute atomic E-state index is 13.2. The van der Waals surface area contributed by atoms with Gasteiger partial charge in [-0.15, -0.1) is 0 Å². The minimum Gasteiger partial charge on any atom is -0.497 e. The van der Waals surface area contributed by atoms with E-state index in [1.807, 2.05) is 45.0 Å². The number of carbonyl (C=O) groups is 6. The van der Waals surface area contributed by atoms with Crippen LogP contribution in [0.3, 0.4) is 0 Å². The van der Waals surface area contributed by atoms with Gasteiger partial charge in [0.2, 0.25) is 24.1 Å². The molecule has 2 aliphatic rings.